The van der Waals surface area contributed by atoms with Gasteiger partial charge in [-0.2, -0.15) is 9.78 Å². The zero-order chi connectivity index (χ0) is 16.4. The Bertz CT molecular complexity index is 730. The number of nitrogens with zero attached hydrogens (tertiary/aromatic N) is 4. The maximum Gasteiger partial charge on any atom is 0.323 e. The SMILES string of the molecule is O=C(O)C1CCN(C(=O)Nc2ccnn2-c2ccc(Br)cn2)C1. The molecule has 1 saturated heterocycles. The molecule has 0 aliphatic carbocycles. The molecule has 2 N–H and O–H groups in total. The first-order valence-electron chi connectivity index (χ1n) is 6.99. The molecule has 0 aromatic carbocycles. The van der Waals surface area contributed by atoms with Crippen LogP contribution in [0.1, 0.15) is 6.42 Å². The van der Waals surface area contributed by atoms with Crippen LogP contribution in [-0.2, 0) is 4.79 Å². The Balaban J connectivity index is 1.72. The van der Waals surface area contributed by atoms with Gasteiger partial charge in [-0.3, -0.25) is 10.1 Å². The second-order valence-corrected chi connectivity index (χ2v) is 6.08. The van der Waals surface area contributed by atoms with Crippen LogP contribution in [0.4, 0.5) is 10.6 Å². The van der Waals surface area contributed by atoms with E-state index in [9.17, 15) is 9.59 Å². The van der Waals surface area contributed by atoms with Gasteiger partial charge in [0.15, 0.2) is 5.82 Å². The van der Waals surface area contributed by atoms with Crippen molar-refractivity contribution in [3.63, 3.8) is 0 Å². The fourth-order valence-corrected chi connectivity index (χ4v) is 2.64. The summed E-state index contributed by atoms with van der Waals surface area (Å²) in [5.74, 6) is -0.329. The van der Waals surface area contributed by atoms with Crippen LogP contribution in [0.25, 0.3) is 5.82 Å². The first-order valence-corrected chi connectivity index (χ1v) is 7.78. The fraction of sp³-hybridized carbons (Fsp3) is 0.286. The van der Waals surface area contributed by atoms with E-state index >= 15 is 0 Å². The van der Waals surface area contributed by atoms with Crippen LogP contribution in [0, 0.1) is 5.92 Å². The van der Waals surface area contributed by atoms with Gasteiger partial charge in [-0.25, -0.2) is 9.78 Å². The van der Waals surface area contributed by atoms with E-state index in [0.717, 1.165) is 4.47 Å². The number of rotatable bonds is 3. The number of carboxylic acid groups (broad SMARTS) is 1. The smallest absolute Gasteiger partial charge is 0.323 e. The molecule has 9 heteroatoms. The molecule has 0 bridgehead atoms. The van der Waals surface area contributed by atoms with Crippen molar-refractivity contribution in [2.45, 2.75) is 6.42 Å². The number of amides is 2. The molecule has 8 nitrogen and oxygen atoms in total. The van der Waals surface area contributed by atoms with Gasteiger partial charge in [-0.1, -0.05) is 0 Å². The molecule has 1 unspecified atom stereocenters. The predicted octanol–water partition coefficient (Wildman–Crippen LogP) is 1.97. The molecule has 2 amide bonds. The normalized spacial score (nSPS) is 17.3. The number of urea groups is 1. The Labute approximate surface area is 140 Å². The third-order valence-electron chi connectivity index (χ3n) is 3.63. The van der Waals surface area contributed by atoms with Gasteiger partial charge in [-0.05, 0) is 34.5 Å². The summed E-state index contributed by atoms with van der Waals surface area (Å²) < 4.78 is 2.35. The summed E-state index contributed by atoms with van der Waals surface area (Å²) >= 11 is 3.31. The summed E-state index contributed by atoms with van der Waals surface area (Å²) in [6, 6.07) is 4.91. The summed E-state index contributed by atoms with van der Waals surface area (Å²) in [6.07, 6.45) is 3.67. The van der Waals surface area contributed by atoms with Gasteiger partial charge < -0.3 is 10.0 Å². The second kappa shape index (κ2) is 6.37. The summed E-state index contributed by atoms with van der Waals surface area (Å²) in [7, 11) is 0. The standard InChI is InChI=1S/C14H14BrN5O3/c15-10-1-2-11(16-7-10)20-12(3-5-17-20)18-14(23)19-6-4-9(8-19)13(21)22/h1-3,5,7,9H,4,6,8H2,(H,18,23)(H,21,22). The van der Waals surface area contributed by atoms with Gasteiger partial charge in [0.25, 0.3) is 0 Å². The molecule has 120 valence electrons. The fourth-order valence-electron chi connectivity index (χ4n) is 2.41. The molecule has 3 heterocycles. The number of carboxylic acids is 1. The van der Waals surface area contributed by atoms with Gasteiger partial charge in [0, 0.05) is 29.8 Å². The van der Waals surface area contributed by atoms with E-state index in [1.807, 2.05) is 6.07 Å². The van der Waals surface area contributed by atoms with Crippen molar-refractivity contribution >= 4 is 33.7 Å². The lowest BCUT2D eigenvalue weighted by Gasteiger charge is -2.17. The molecule has 1 aliphatic heterocycles. The maximum absolute atomic E-state index is 12.3. The number of nitrogens with one attached hydrogen (secondary N) is 1. The molecular formula is C14H14BrN5O3. The van der Waals surface area contributed by atoms with Crippen LogP contribution < -0.4 is 5.32 Å². The van der Waals surface area contributed by atoms with Crippen molar-refractivity contribution < 1.29 is 14.7 Å². The summed E-state index contributed by atoms with van der Waals surface area (Å²) in [5, 5.41) is 15.9. The number of hydrogen-bond donors (Lipinski definition) is 2. The largest absolute Gasteiger partial charge is 0.481 e. The Kier molecular flexibility index (Phi) is 4.28. The molecule has 3 rings (SSSR count). The van der Waals surface area contributed by atoms with Crippen molar-refractivity contribution in [1.29, 1.82) is 0 Å². The zero-order valence-corrected chi connectivity index (χ0v) is 13.6. The lowest BCUT2D eigenvalue weighted by atomic mass is 10.1. The average Bonchev–Trinajstić information content (AvgIpc) is 3.17. The summed E-state index contributed by atoms with van der Waals surface area (Å²) in [5.41, 5.74) is 0. The van der Waals surface area contributed by atoms with Gasteiger partial charge in [0.2, 0.25) is 0 Å². The number of likely N-dealkylation sites (tertiary alicyclic amines) is 1. The van der Waals surface area contributed by atoms with Crippen molar-refractivity contribution in [2.24, 2.45) is 5.92 Å². The molecule has 1 aliphatic rings. The number of hydrogen-bond acceptors (Lipinski definition) is 4. The van der Waals surface area contributed by atoms with E-state index in [1.165, 1.54) is 9.58 Å². The highest BCUT2D eigenvalue weighted by molar-refractivity contribution is 9.10. The van der Waals surface area contributed by atoms with E-state index in [1.54, 1.807) is 24.5 Å². The number of anilines is 1. The molecule has 0 spiro atoms. The predicted molar refractivity (Wildman–Crippen MR) is 85.4 cm³/mol. The van der Waals surface area contributed by atoms with Crippen molar-refractivity contribution in [3.8, 4) is 5.82 Å². The average molecular weight is 380 g/mol. The molecule has 0 saturated carbocycles. The highest BCUT2D eigenvalue weighted by atomic mass is 79.9. The molecule has 2 aromatic rings. The highest BCUT2D eigenvalue weighted by Gasteiger charge is 2.31. The number of aliphatic carboxylic acids is 1. The van der Waals surface area contributed by atoms with Crippen LogP contribution in [-0.4, -0.2) is 49.9 Å². The number of carbonyl (C=O) groups excluding carboxylic acids is 1. The number of pyridine rings is 1. The Morgan fingerprint density at radius 3 is 2.83 bits per heavy atom. The van der Waals surface area contributed by atoms with Crippen LogP contribution in [0.2, 0.25) is 0 Å². The summed E-state index contributed by atoms with van der Waals surface area (Å²) in [4.78, 5) is 29.0. The Hall–Kier alpha value is -2.42. The van der Waals surface area contributed by atoms with Gasteiger partial charge >= 0.3 is 12.0 Å². The Morgan fingerprint density at radius 1 is 1.35 bits per heavy atom. The van der Waals surface area contributed by atoms with Crippen molar-refractivity contribution in [1.82, 2.24) is 19.7 Å². The topological polar surface area (TPSA) is 100 Å². The van der Waals surface area contributed by atoms with Crippen molar-refractivity contribution in [2.75, 3.05) is 18.4 Å². The first-order chi connectivity index (χ1) is 11.0. The van der Waals surface area contributed by atoms with E-state index in [0.29, 0.717) is 24.6 Å². The molecule has 0 radical (unpaired) electrons. The minimum Gasteiger partial charge on any atom is -0.481 e. The van der Waals surface area contributed by atoms with Gasteiger partial charge in [0.1, 0.15) is 5.82 Å². The first kappa shape index (κ1) is 15.5. The molecular weight excluding hydrogens is 366 g/mol. The van der Waals surface area contributed by atoms with Crippen LogP contribution in [0.5, 0.6) is 0 Å². The number of aromatic nitrogens is 3. The molecule has 2 aromatic heterocycles. The van der Waals surface area contributed by atoms with Gasteiger partial charge in [0.05, 0.1) is 12.1 Å². The second-order valence-electron chi connectivity index (χ2n) is 5.16. The third kappa shape index (κ3) is 3.34. The van der Waals surface area contributed by atoms with Crippen LogP contribution >= 0.6 is 15.9 Å². The minimum atomic E-state index is -0.871. The molecule has 1 fully saturated rings. The Morgan fingerprint density at radius 2 is 2.17 bits per heavy atom. The van der Waals surface area contributed by atoms with Crippen LogP contribution in [0.3, 0.4) is 0 Å². The third-order valence-corrected chi connectivity index (χ3v) is 4.10. The van der Waals surface area contributed by atoms with Crippen molar-refractivity contribution in [3.05, 3.63) is 35.1 Å². The maximum atomic E-state index is 12.3. The minimum absolute atomic E-state index is 0.214. The molecule has 23 heavy (non-hydrogen) atoms. The molecule has 1 atom stereocenters. The van der Waals surface area contributed by atoms with E-state index < -0.39 is 11.9 Å². The van der Waals surface area contributed by atoms with E-state index in [2.05, 4.69) is 31.3 Å². The van der Waals surface area contributed by atoms with E-state index in [4.69, 9.17) is 5.11 Å². The monoisotopic (exact) mass is 379 g/mol. The lowest BCUT2D eigenvalue weighted by Crippen LogP contribution is -2.34. The lowest BCUT2D eigenvalue weighted by molar-refractivity contribution is -0.141. The number of carbonyl (C=O) groups is 2. The zero-order valence-electron chi connectivity index (χ0n) is 12.0. The van der Waals surface area contributed by atoms with E-state index in [-0.39, 0.29) is 12.6 Å². The summed E-state index contributed by atoms with van der Waals surface area (Å²) in [6.45, 7) is 0.638. The number of halogens is 1. The highest BCUT2D eigenvalue weighted by Crippen LogP contribution is 2.19. The quantitative estimate of drug-likeness (QED) is 0.848. The van der Waals surface area contributed by atoms with Gasteiger partial charge in [-0.15, -0.1) is 0 Å². The van der Waals surface area contributed by atoms with Crippen LogP contribution in [0.15, 0.2) is 35.1 Å².